The van der Waals surface area contributed by atoms with E-state index >= 15 is 0 Å². The van der Waals surface area contributed by atoms with Crippen LogP contribution in [0.5, 0.6) is 11.5 Å². The van der Waals surface area contributed by atoms with E-state index in [1.807, 2.05) is 0 Å². The molecule has 0 aromatic heterocycles. The van der Waals surface area contributed by atoms with Gasteiger partial charge in [0.1, 0.15) is 0 Å². The van der Waals surface area contributed by atoms with Crippen LogP contribution in [0.15, 0.2) is 36.4 Å². The van der Waals surface area contributed by atoms with Crippen LogP contribution in [0, 0.1) is 23.5 Å². The molecule has 6 nitrogen and oxygen atoms in total. The lowest BCUT2D eigenvalue weighted by Crippen LogP contribution is -2.28. The Bertz CT molecular complexity index is 899. The molecule has 0 radical (unpaired) electrons. The lowest BCUT2D eigenvalue weighted by atomic mass is 9.80. The number of hydrogen-bond acceptors (Lipinski definition) is 4. The van der Waals surface area contributed by atoms with Crippen LogP contribution >= 0.6 is 0 Å². The Hall–Kier alpha value is -3.16. The highest BCUT2D eigenvalue weighted by atomic mass is 19.1. The maximum atomic E-state index is 13.7. The van der Waals surface area contributed by atoms with Gasteiger partial charge in [-0.3, -0.25) is 9.59 Å². The Morgan fingerprint density at radius 3 is 1.83 bits per heavy atom. The van der Waals surface area contributed by atoms with Gasteiger partial charge in [-0.05, 0) is 60.6 Å². The molecule has 0 saturated heterocycles. The number of halogens is 2. The van der Waals surface area contributed by atoms with Crippen molar-refractivity contribution in [2.75, 3.05) is 14.2 Å². The third kappa shape index (κ3) is 6.17. The minimum Gasteiger partial charge on any atom is -0.494 e. The summed E-state index contributed by atoms with van der Waals surface area (Å²) in [5.74, 6) is -4.69. The van der Waals surface area contributed by atoms with Crippen LogP contribution in [0.2, 0.25) is 0 Å². The van der Waals surface area contributed by atoms with Crippen molar-refractivity contribution in [3.05, 3.63) is 59.2 Å². The van der Waals surface area contributed by atoms with E-state index in [1.165, 1.54) is 50.6 Å². The predicted octanol–water partition coefficient (Wildman–Crippen LogP) is 3.95. The summed E-state index contributed by atoms with van der Waals surface area (Å²) >= 11 is 0. The molecule has 0 spiro atoms. The van der Waals surface area contributed by atoms with Gasteiger partial charge >= 0.3 is 11.9 Å². The molecule has 0 aliphatic carbocycles. The van der Waals surface area contributed by atoms with Gasteiger partial charge in [0.25, 0.3) is 0 Å². The quantitative estimate of drug-likeness (QED) is 0.570. The molecule has 30 heavy (non-hydrogen) atoms. The second-order valence-corrected chi connectivity index (χ2v) is 6.98. The normalized spacial score (nSPS) is 12.8. The number of carboxylic acid groups (broad SMARTS) is 2. The highest BCUT2D eigenvalue weighted by Crippen LogP contribution is 2.30. The van der Waals surface area contributed by atoms with Crippen LogP contribution < -0.4 is 9.47 Å². The van der Waals surface area contributed by atoms with Crippen molar-refractivity contribution < 1.29 is 38.1 Å². The Morgan fingerprint density at radius 2 is 1.40 bits per heavy atom. The van der Waals surface area contributed by atoms with Crippen molar-refractivity contribution in [1.82, 2.24) is 0 Å². The standard InChI is InChI=1S/C22H24F2O6/c1-29-19-11-13(3-6-17(19)23)9-15(5-8-21(25)26)16(22(27)28)10-14-4-7-18(24)20(12-14)30-2/h3-4,6-7,11-12,15-16H,5,8-10H2,1-2H3,(H,25,26)(H,27,28)/t15-,16-/m1/s1. The van der Waals surface area contributed by atoms with Crippen LogP contribution in [-0.4, -0.2) is 36.4 Å². The van der Waals surface area contributed by atoms with Gasteiger partial charge in [-0.15, -0.1) is 0 Å². The van der Waals surface area contributed by atoms with Crippen molar-refractivity contribution in [3.8, 4) is 11.5 Å². The van der Waals surface area contributed by atoms with Crippen molar-refractivity contribution >= 4 is 11.9 Å². The predicted molar refractivity (Wildman–Crippen MR) is 105 cm³/mol. The van der Waals surface area contributed by atoms with Crippen molar-refractivity contribution in [3.63, 3.8) is 0 Å². The smallest absolute Gasteiger partial charge is 0.307 e. The molecule has 162 valence electrons. The monoisotopic (exact) mass is 422 g/mol. The lowest BCUT2D eigenvalue weighted by molar-refractivity contribution is -0.145. The molecule has 2 atom stereocenters. The molecule has 2 N–H and O–H groups in total. The molecule has 8 heteroatoms. The summed E-state index contributed by atoms with van der Waals surface area (Å²) in [5.41, 5.74) is 1.18. The first-order valence-corrected chi connectivity index (χ1v) is 9.34. The van der Waals surface area contributed by atoms with Crippen LogP contribution in [0.25, 0.3) is 0 Å². The van der Waals surface area contributed by atoms with Gasteiger partial charge in [0.15, 0.2) is 23.1 Å². The molecule has 2 rings (SSSR count). The second kappa shape index (κ2) is 10.6. The molecule has 0 aliphatic rings. The molecule has 0 unspecified atom stereocenters. The highest BCUT2D eigenvalue weighted by Gasteiger charge is 2.29. The minimum atomic E-state index is -1.09. The van der Waals surface area contributed by atoms with Crippen molar-refractivity contribution in [1.29, 1.82) is 0 Å². The molecule has 2 aromatic rings. The van der Waals surface area contributed by atoms with Crippen LogP contribution in [-0.2, 0) is 22.4 Å². The average Bonchev–Trinajstić information content (AvgIpc) is 2.71. The van der Waals surface area contributed by atoms with Crippen LogP contribution in [0.4, 0.5) is 8.78 Å². The number of ether oxygens (including phenoxy) is 2. The molecular weight excluding hydrogens is 398 g/mol. The van der Waals surface area contributed by atoms with Crippen LogP contribution in [0.3, 0.4) is 0 Å². The third-order valence-electron chi connectivity index (χ3n) is 5.00. The van der Waals surface area contributed by atoms with E-state index in [-0.39, 0.29) is 37.2 Å². The first kappa shape index (κ1) is 23.1. The van der Waals surface area contributed by atoms with Gasteiger partial charge in [-0.2, -0.15) is 0 Å². The van der Waals surface area contributed by atoms with E-state index < -0.39 is 35.4 Å². The first-order chi connectivity index (χ1) is 14.2. The molecular formula is C22H24F2O6. The van der Waals surface area contributed by atoms with Gasteiger partial charge in [0.05, 0.1) is 20.1 Å². The second-order valence-electron chi connectivity index (χ2n) is 6.98. The van der Waals surface area contributed by atoms with Crippen molar-refractivity contribution in [2.45, 2.75) is 25.7 Å². The van der Waals surface area contributed by atoms with Gasteiger partial charge in [-0.1, -0.05) is 12.1 Å². The zero-order chi connectivity index (χ0) is 22.3. The SMILES string of the molecule is COc1cc(C[C@@H](CCC(=O)O)[C@@H](Cc2ccc(F)c(OC)c2)C(=O)O)ccc1F. The molecule has 0 aliphatic heterocycles. The molecule has 0 saturated carbocycles. The number of hydrogen-bond donors (Lipinski definition) is 2. The van der Waals surface area contributed by atoms with E-state index in [9.17, 15) is 23.5 Å². The Labute approximate surface area is 173 Å². The van der Waals surface area contributed by atoms with Crippen LogP contribution in [0.1, 0.15) is 24.0 Å². The fourth-order valence-electron chi connectivity index (χ4n) is 3.43. The molecule has 0 amide bonds. The number of benzene rings is 2. The fraction of sp³-hybridized carbons (Fsp3) is 0.364. The number of carbonyl (C=O) groups is 2. The Kier molecular flexibility index (Phi) is 8.15. The summed E-state index contributed by atoms with van der Waals surface area (Å²) in [5, 5.41) is 18.9. The zero-order valence-electron chi connectivity index (χ0n) is 16.7. The molecule has 0 heterocycles. The third-order valence-corrected chi connectivity index (χ3v) is 5.00. The molecule has 0 bridgehead atoms. The van der Waals surface area contributed by atoms with Gasteiger partial charge in [0, 0.05) is 6.42 Å². The summed E-state index contributed by atoms with van der Waals surface area (Å²) in [4.78, 5) is 23.1. The minimum absolute atomic E-state index is 0.00185. The first-order valence-electron chi connectivity index (χ1n) is 9.34. The number of rotatable bonds is 11. The van der Waals surface area contributed by atoms with Gasteiger partial charge in [-0.25, -0.2) is 8.78 Å². The number of carboxylic acids is 2. The van der Waals surface area contributed by atoms with Gasteiger partial charge < -0.3 is 19.7 Å². The summed E-state index contributed by atoms with van der Waals surface area (Å²) < 4.78 is 37.3. The van der Waals surface area contributed by atoms with E-state index in [1.54, 1.807) is 0 Å². The molecule has 2 aromatic carbocycles. The van der Waals surface area contributed by atoms with Gasteiger partial charge in [0.2, 0.25) is 0 Å². The molecule has 0 fully saturated rings. The Balaban J connectivity index is 2.32. The summed E-state index contributed by atoms with van der Waals surface area (Å²) in [7, 11) is 2.64. The topological polar surface area (TPSA) is 93.1 Å². The summed E-state index contributed by atoms with van der Waals surface area (Å²) in [6, 6.07) is 8.32. The largest absolute Gasteiger partial charge is 0.494 e. The zero-order valence-corrected chi connectivity index (χ0v) is 16.7. The van der Waals surface area contributed by atoms with E-state index in [0.29, 0.717) is 11.1 Å². The van der Waals surface area contributed by atoms with E-state index in [2.05, 4.69) is 0 Å². The van der Waals surface area contributed by atoms with E-state index in [4.69, 9.17) is 14.6 Å². The average molecular weight is 422 g/mol. The maximum absolute atomic E-state index is 13.7. The maximum Gasteiger partial charge on any atom is 0.307 e. The number of aliphatic carboxylic acids is 2. The Morgan fingerprint density at radius 1 is 0.900 bits per heavy atom. The fourth-order valence-corrected chi connectivity index (χ4v) is 3.43. The lowest BCUT2D eigenvalue weighted by Gasteiger charge is -2.24. The summed E-state index contributed by atoms with van der Waals surface area (Å²) in [6.07, 6.45) is 0.192. The van der Waals surface area contributed by atoms with Crippen molar-refractivity contribution in [2.24, 2.45) is 11.8 Å². The number of methoxy groups -OCH3 is 2. The summed E-state index contributed by atoms with van der Waals surface area (Å²) in [6.45, 7) is 0. The van der Waals surface area contributed by atoms with E-state index in [0.717, 1.165) is 0 Å². The highest BCUT2D eigenvalue weighted by molar-refractivity contribution is 5.71.